The standard InChI is InChI=1S/C18H21NO2S2/c20-18(17-10-5-11-22-17)19-15-7-4-6-14(12-15)13-23(21)16-8-2-1-3-9-16/h4-7,10-12,16H,1-3,8-9,13H2,(H,19,20)/t23-/m1/s1. The molecule has 0 unspecified atom stereocenters. The fraction of sp³-hybridized carbons (Fsp3) is 0.389. The van der Waals surface area contributed by atoms with Gasteiger partial charge in [0, 0.05) is 27.5 Å². The van der Waals surface area contributed by atoms with E-state index in [4.69, 9.17) is 0 Å². The molecule has 1 aliphatic carbocycles. The van der Waals surface area contributed by atoms with Gasteiger partial charge in [0.1, 0.15) is 0 Å². The Hall–Kier alpha value is -1.46. The zero-order chi connectivity index (χ0) is 16.1. The Morgan fingerprint density at radius 2 is 2.00 bits per heavy atom. The number of anilines is 1. The van der Waals surface area contributed by atoms with Crippen molar-refractivity contribution < 1.29 is 9.00 Å². The molecule has 3 nitrogen and oxygen atoms in total. The Kier molecular flexibility index (Phi) is 5.62. The highest BCUT2D eigenvalue weighted by atomic mass is 32.2. The minimum atomic E-state index is -0.819. The summed E-state index contributed by atoms with van der Waals surface area (Å²) in [5.74, 6) is 0.485. The molecule has 1 fully saturated rings. The molecule has 1 heterocycles. The lowest BCUT2D eigenvalue weighted by Gasteiger charge is -2.21. The van der Waals surface area contributed by atoms with Crippen LogP contribution in [0.25, 0.3) is 0 Å². The fourth-order valence-corrected chi connectivity index (χ4v) is 5.17. The van der Waals surface area contributed by atoms with Crippen LogP contribution in [0.1, 0.15) is 47.3 Å². The first kappa shape index (κ1) is 16.4. The van der Waals surface area contributed by atoms with Gasteiger partial charge in [0.2, 0.25) is 0 Å². The minimum absolute atomic E-state index is 0.0921. The number of carbonyl (C=O) groups is 1. The summed E-state index contributed by atoms with van der Waals surface area (Å²) < 4.78 is 12.5. The molecule has 1 aromatic heterocycles. The van der Waals surface area contributed by atoms with E-state index in [1.807, 2.05) is 41.8 Å². The van der Waals surface area contributed by atoms with Crippen LogP contribution in [0.15, 0.2) is 41.8 Å². The lowest BCUT2D eigenvalue weighted by atomic mass is 10.0. The number of rotatable bonds is 5. The summed E-state index contributed by atoms with van der Waals surface area (Å²) in [6.07, 6.45) is 5.85. The van der Waals surface area contributed by atoms with Crippen molar-refractivity contribution in [2.45, 2.75) is 43.1 Å². The highest BCUT2D eigenvalue weighted by Gasteiger charge is 2.20. The second-order valence-electron chi connectivity index (χ2n) is 5.92. The maximum atomic E-state index is 12.5. The molecule has 0 spiro atoms. The van der Waals surface area contributed by atoms with Crippen molar-refractivity contribution >= 4 is 33.7 Å². The molecule has 1 aromatic carbocycles. The van der Waals surface area contributed by atoms with E-state index < -0.39 is 10.8 Å². The normalized spacial score (nSPS) is 16.9. The van der Waals surface area contributed by atoms with E-state index in [1.165, 1.54) is 30.6 Å². The molecule has 0 radical (unpaired) electrons. The molecular formula is C18H21NO2S2. The molecule has 122 valence electrons. The summed E-state index contributed by atoms with van der Waals surface area (Å²) in [6.45, 7) is 0. The third-order valence-electron chi connectivity index (χ3n) is 4.16. The summed E-state index contributed by atoms with van der Waals surface area (Å²) in [4.78, 5) is 12.8. The van der Waals surface area contributed by atoms with Gasteiger partial charge >= 0.3 is 0 Å². The number of thiophene rings is 1. The SMILES string of the molecule is O=C(Nc1cccc(C[S@@](=O)C2CCCCC2)c1)c1cccs1. The van der Waals surface area contributed by atoms with Gasteiger partial charge in [-0.3, -0.25) is 9.00 Å². The summed E-state index contributed by atoms with van der Waals surface area (Å²) in [5, 5.41) is 5.14. The Morgan fingerprint density at radius 3 is 2.74 bits per heavy atom. The number of carbonyl (C=O) groups excluding carboxylic acids is 1. The third-order valence-corrected chi connectivity index (χ3v) is 6.86. The van der Waals surface area contributed by atoms with Crippen molar-refractivity contribution in [1.82, 2.24) is 0 Å². The van der Waals surface area contributed by atoms with Crippen LogP contribution in [0.2, 0.25) is 0 Å². The predicted molar refractivity (Wildman–Crippen MR) is 97.4 cm³/mol. The van der Waals surface area contributed by atoms with E-state index in [1.54, 1.807) is 0 Å². The molecule has 0 saturated heterocycles. The van der Waals surface area contributed by atoms with E-state index >= 15 is 0 Å². The van der Waals surface area contributed by atoms with Gasteiger partial charge in [-0.15, -0.1) is 11.3 Å². The van der Waals surface area contributed by atoms with Crippen LogP contribution in [-0.2, 0) is 16.6 Å². The van der Waals surface area contributed by atoms with Crippen molar-refractivity contribution in [2.75, 3.05) is 5.32 Å². The molecule has 0 bridgehead atoms. The highest BCUT2D eigenvalue weighted by molar-refractivity contribution is 7.84. The van der Waals surface area contributed by atoms with E-state index in [2.05, 4.69) is 5.32 Å². The van der Waals surface area contributed by atoms with Crippen LogP contribution in [-0.4, -0.2) is 15.4 Å². The third kappa shape index (κ3) is 4.52. The first-order valence-electron chi connectivity index (χ1n) is 8.03. The largest absolute Gasteiger partial charge is 0.321 e. The Labute approximate surface area is 143 Å². The van der Waals surface area contributed by atoms with Crippen LogP contribution in [0.4, 0.5) is 5.69 Å². The second kappa shape index (κ2) is 7.88. The Morgan fingerprint density at radius 1 is 1.17 bits per heavy atom. The summed E-state index contributed by atoms with van der Waals surface area (Å²) >= 11 is 1.42. The van der Waals surface area contributed by atoms with Crippen molar-refractivity contribution in [2.24, 2.45) is 0 Å². The quantitative estimate of drug-likeness (QED) is 0.860. The molecule has 1 atom stereocenters. The van der Waals surface area contributed by atoms with Crippen molar-refractivity contribution in [1.29, 1.82) is 0 Å². The minimum Gasteiger partial charge on any atom is -0.321 e. The maximum absolute atomic E-state index is 12.5. The molecule has 1 aliphatic rings. The number of hydrogen-bond acceptors (Lipinski definition) is 3. The van der Waals surface area contributed by atoms with Crippen molar-refractivity contribution in [3.05, 3.63) is 52.2 Å². The zero-order valence-corrected chi connectivity index (χ0v) is 14.6. The molecule has 1 saturated carbocycles. The Balaban J connectivity index is 1.62. The van der Waals surface area contributed by atoms with Crippen LogP contribution in [0.5, 0.6) is 0 Å². The number of hydrogen-bond donors (Lipinski definition) is 1. The lowest BCUT2D eigenvalue weighted by molar-refractivity contribution is 0.103. The van der Waals surface area contributed by atoms with Crippen LogP contribution in [0.3, 0.4) is 0 Å². The summed E-state index contributed by atoms with van der Waals surface area (Å²) in [5.41, 5.74) is 1.79. The van der Waals surface area contributed by atoms with E-state index in [9.17, 15) is 9.00 Å². The summed E-state index contributed by atoms with van der Waals surface area (Å²) in [6, 6.07) is 11.4. The van der Waals surface area contributed by atoms with Gasteiger partial charge in [0.05, 0.1) is 4.88 Å². The molecule has 1 N–H and O–H groups in total. The number of benzene rings is 1. The first-order chi connectivity index (χ1) is 11.2. The van der Waals surface area contributed by atoms with Crippen LogP contribution in [0, 0.1) is 0 Å². The molecule has 2 aromatic rings. The van der Waals surface area contributed by atoms with Gasteiger partial charge in [0.25, 0.3) is 5.91 Å². The highest BCUT2D eigenvalue weighted by Crippen LogP contribution is 2.24. The molecule has 0 aliphatic heterocycles. The van der Waals surface area contributed by atoms with Crippen LogP contribution >= 0.6 is 11.3 Å². The molecule has 5 heteroatoms. The molecular weight excluding hydrogens is 326 g/mol. The maximum Gasteiger partial charge on any atom is 0.265 e. The molecule has 23 heavy (non-hydrogen) atoms. The first-order valence-corrected chi connectivity index (χ1v) is 10.3. The summed E-state index contributed by atoms with van der Waals surface area (Å²) in [7, 11) is -0.819. The van der Waals surface area contributed by atoms with Gasteiger partial charge in [-0.2, -0.15) is 0 Å². The monoisotopic (exact) mass is 347 g/mol. The smallest absolute Gasteiger partial charge is 0.265 e. The zero-order valence-electron chi connectivity index (χ0n) is 13.0. The number of amides is 1. The van der Waals surface area contributed by atoms with Gasteiger partial charge in [-0.1, -0.05) is 37.5 Å². The van der Waals surface area contributed by atoms with Gasteiger partial charge in [-0.25, -0.2) is 0 Å². The van der Waals surface area contributed by atoms with Crippen molar-refractivity contribution in [3.63, 3.8) is 0 Å². The predicted octanol–water partition coefficient (Wildman–Crippen LogP) is 4.58. The van der Waals surface area contributed by atoms with E-state index in [-0.39, 0.29) is 5.91 Å². The fourth-order valence-electron chi connectivity index (χ4n) is 2.95. The molecule has 1 amide bonds. The topological polar surface area (TPSA) is 46.2 Å². The van der Waals surface area contributed by atoms with E-state index in [0.717, 1.165) is 24.1 Å². The molecule has 3 rings (SSSR count). The lowest BCUT2D eigenvalue weighted by Crippen LogP contribution is -2.19. The Bertz CT molecular complexity index is 676. The number of nitrogens with one attached hydrogen (secondary N) is 1. The average molecular weight is 348 g/mol. The second-order valence-corrected chi connectivity index (χ2v) is 8.58. The van der Waals surface area contributed by atoms with Gasteiger partial charge < -0.3 is 5.32 Å². The van der Waals surface area contributed by atoms with Gasteiger partial charge in [-0.05, 0) is 42.0 Å². The average Bonchev–Trinajstić information content (AvgIpc) is 3.10. The van der Waals surface area contributed by atoms with Crippen LogP contribution < -0.4 is 5.32 Å². The van der Waals surface area contributed by atoms with Gasteiger partial charge in [0.15, 0.2) is 0 Å². The van der Waals surface area contributed by atoms with E-state index in [0.29, 0.717) is 15.9 Å². The van der Waals surface area contributed by atoms with Crippen molar-refractivity contribution in [3.8, 4) is 0 Å².